The molecule has 3 N–H and O–H groups in total. The van der Waals surface area contributed by atoms with E-state index in [1.54, 1.807) is 6.20 Å². The minimum Gasteiger partial charge on any atom is -0.309 e. The van der Waals surface area contributed by atoms with Crippen LogP contribution in [0.5, 0.6) is 0 Å². The van der Waals surface area contributed by atoms with Crippen molar-refractivity contribution in [1.29, 1.82) is 0 Å². The van der Waals surface area contributed by atoms with E-state index in [9.17, 15) is 4.79 Å². The molecule has 1 aliphatic heterocycles. The van der Waals surface area contributed by atoms with Crippen LogP contribution >= 0.6 is 11.8 Å². The van der Waals surface area contributed by atoms with Gasteiger partial charge in [0, 0.05) is 11.9 Å². The zero-order valence-electron chi connectivity index (χ0n) is 17.3. The number of carbonyl (C=O) groups is 1. The maximum Gasteiger partial charge on any atom is 0.231 e. The molecule has 31 heavy (non-hydrogen) atoms. The first-order valence-electron chi connectivity index (χ1n) is 11.0. The summed E-state index contributed by atoms with van der Waals surface area (Å²) in [7, 11) is 0. The van der Waals surface area contributed by atoms with Gasteiger partial charge in [0.1, 0.15) is 0 Å². The number of thioether (sulfide) groups is 1. The van der Waals surface area contributed by atoms with Crippen LogP contribution in [-0.4, -0.2) is 37.7 Å². The molecule has 162 valence electrons. The fraction of sp³-hybridized carbons (Fsp3) is 0.500. The van der Waals surface area contributed by atoms with Crippen LogP contribution in [0.1, 0.15) is 43.5 Å². The Morgan fingerprint density at radius 1 is 1.13 bits per heavy atom. The molecular weight excluding hydrogens is 410 g/mol. The molecule has 8 nitrogen and oxygen atoms in total. The van der Waals surface area contributed by atoms with E-state index in [0.29, 0.717) is 29.1 Å². The molecule has 0 spiro atoms. The second-order valence-electron chi connectivity index (χ2n) is 8.57. The van der Waals surface area contributed by atoms with E-state index in [-0.39, 0.29) is 12.3 Å². The summed E-state index contributed by atoms with van der Waals surface area (Å²) in [5, 5.41) is 12.8. The summed E-state index contributed by atoms with van der Waals surface area (Å²) in [6, 6.07) is 9.90. The monoisotopic (exact) mass is 437 g/mol. The van der Waals surface area contributed by atoms with Crippen molar-refractivity contribution in [1.82, 2.24) is 26.0 Å². The van der Waals surface area contributed by atoms with Crippen LogP contribution in [0.4, 0.5) is 5.82 Å². The van der Waals surface area contributed by atoms with Crippen LogP contribution in [0.25, 0.3) is 0 Å². The molecule has 2 aliphatic carbocycles. The number of hydrogen-bond acceptors (Lipinski definition) is 7. The minimum absolute atomic E-state index is 0.140. The summed E-state index contributed by atoms with van der Waals surface area (Å²) >= 11 is 1.85. The predicted octanol–water partition coefficient (Wildman–Crippen LogP) is 2.70. The van der Waals surface area contributed by atoms with Gasteiger partial charge in [0.15, 0.2) is 11.0 Å². The van der Waals surface area contributed by atoms with Crippen molar-refractivity contribution >= 4 is 28.7 Å². The smallest absolute Gasteiger partial charge is 0.231 e. The van der Waals surface area contributed by atoms with Gasteiger partial charge in [-0.2, -0.15) is 5.10 Å². The van der Waals surface area contributed by atoms with Crippen molar-refractivity contribution in [3.63, 3.8) is 0 Å². The third-order valence-electron chi connectivity index (χ3n) is 5.97. The summed E-state index contributed by atoms with van der Waals surface area (Å²) in [4.78, 5) is 21.0. The normalized spacial score (nSPS) is 26.7. The summed E-state index contributed by atoms with van der Waals surface area (Å²) in [6.07, 6.45) is 8.93. The number of aliphatic imine (C=N–C) groups is 1. The molecule has 1 amide bonds. The molecule has 0 radical (unpaired) electrons. The molecule has 5 rings (SSSR count). The zero-order chi connectivity index (χ0) is 21.0. The Bertz CT molecular complexity index is 933. The van der Waals surface area contributed by atoms with Crippen LogP contribution in [0.2, 0.25) is 0 Å². The highest BCUT2D eigenvalue weighted by atomic mass is 32.2. The average Bonchev–Trinajstić information content (AvgIpc) is 3.26. The standard InChI is InChI=1S/C22H27N7OS/c30-20(13-17-3-1-2-10-23-17)25-19-9-8-18(26-27-19)12-14-4-5-15(11-14)21-28-29-22(31-21)24-16-6-7-16/h1-3,8-10,14-16,21,28H,4-7,11-13H2,(H,24,29)(H,25,27,30). The number of aromatic nitrogens is 3. The van der Waals surface area contributed by atoms with E-state index < -0.39 is 0 Å². The molecule has 2 aromatic rings. The lowest BCUT2D eigenvalue weighted by atomic mass is 9.99. The lowest BCUT2D eigenvalue weighted by molar-refractivity contribution is -0.115. The van der Waals surface area contributed by atoms with Gasteiger partial charge in [-0.25, -0.2) is 5.43 Å². The SMILES string of the molecule is O=C(Cc1ccccn1)Nc1ccc(CC2CCC(C3NNC(=NC4CC4)S3)C2)nn1. The molecule has 2 aromatic heterocycles. The summed E-state index contributed by atoms with van der Waals surface area (Å²) in [5.41, 5.74) is 8.39. The molecule has 3 heterocycles. The molecule has 1 saturated heterocycles. The molecule has 0 aromatic carbocycles. The molecular formula is C22H27N7OS. The lowest BCUT2D eigenvalue weighted by Crippen LogP contribution is -2.35. The van der Waals surface area contributed by atoms with Gasteiger partial charge in [0.25, 0.3) is 0 Å². The van der Waals surface area contributed by atoms with Crippen molar-refractivity contribution in [3.8, 4) is 0 Å². The summed E-state index contributed by atoms with van der Waals surface area (Å²) in [5.74, 6) is 1.61. The Kier molecular flexibility index (Phi) is 6.13. The number of hydrogen-bond donors (Lipinski definition) is 3. The van der Waals surface area contributed by atoms with Crippen molar-refractivity contribution < 1.29 is 4.79 Å². The third-order valence-corrected chi connectivity index (χ3v) is 7.16. The second-order valence-corrected chi connectivity index (χ2v) is 9.70. The minimum atomic E-state index is -0.140. The van der Waals surface area contributed by atoms with E-state index in [1.807, 2.05) is 42.1 Å². The number of nitrogens with one attached hydrogen (secondary N) is 3. The number of amides is 1. The Morgan fingerprint density at radius 2 is 2.06 bits per heavy atom. The van der Waals surface area contributed by atoms with Gasteiger partial charge in [-0.05, 0) is 74.6 Å². The molecule has 3 fully saturated rings. The van der Waals surface area contributed by atoms with Gasteiger partial charge in [-0.3, -0.25) is 20.2 Å². The predicted molar refractivity (Wildman–Crippen MR) is 121 cm³/mol. The first-order valence-corrected chi connectivity index (χ1v) is 11.9. The molecule has 3 atom stereocenters. The lowest BCUT2D eigenvalue weighted by Gasteiger charge is -2.16. The third kappa shape index (κ3) is 5.59. The highest BCUT2D eigenvalue weighted by Gasteiger charge is 2.35. The van der Waals surface area contributed by atoms with Gasteiger partial charge < -0.3 is 5.32 Å². The molecule has 0 bridgehead atoms. The number of rotatable bonds is 7. The number of anilines is 1. The van der Waals surface area contributed by atoms with Gasteiger partial charge in [-0.15, -0.1) is 5.10 Å². The number of hydrazine groups is 1. The zero-order valence-corrected chi connectivity index (χ0v) is 18.1. The van der Waals surface area contributed by atoms with Crippen LogP contribution in [0.3, 0.4) is 0 Å². The van der Waals surface area contributed by atoms with Crippen LogP contribution in [0, 0.1) is 11.8 Å². The highest BCUT2D eigenvalue weighted by Crippen LogP contribution is 2.39. The Hall–Kier alpha value is -2.52. The number of pyridine rings is 1. The van der Waals surface area contributed by atoms with E-state index in [0.717, 1.165) is 23.0 Å². The summed E-state index contributed by atoms with van der Waals surface area (Å²) < 4.78 is 0. The van der Waals surface area contributed by atoms with Gasteiger partial charge in [0.2, 0.25) is 5.91 Å². The maximum absolute atomic E-state index is 12.2. The van der Waals surface area contributed by atoms with Gasteiger partial charge in [0.05, 0.1) is 23.5 Å². The number of nitrogens with zero attached hydrogens (tertiary/aromatic N) is 4. The summed E-state index contributed by atoms with van der Waals surface area (Å²) in [6.45, 7) is 0. The Labute approximate surface area is 186 Å². The van der Waals surface area contributed by atoms with E-state index in [1.165, 1.54) is 32.1 Å². The average molecular weight is 438 g/mol. The van der Waals surface area contributed by atoms with Crippen LogP contribution in [0.15, 0.2) is 41.5 Å². The van der Waals surface area contributed by atoms with Crippen LogP contribution < -0.4 is 16.2 Å². The Morgan fingerprint density at radius 3 is 2.84 bits per heavy atom. The molecule has 9 heteroatoms. The van der Waals surface area contributed by atoms with E-state index in [4.69, 9.17) is 4.99 Å². The Balaban J connectivity index is 1.08. The largest absolute Gasteiger partial charge is 0.309 e. The second kappa shape index (κ2) is 9.32. The number of amidine groups is 1. The fourth-order valence-electron chi connectivity index (χ4n) is 4.22. The number of carbonyl (C=O) groups excluding carboxylic acids is 1. The fourth-order valence-corrected chi connectivity index (χ4v) is 5.34. The van der Waals surface area contributed by atoms with Crippen LogP contribution in [-0.2, 0) is 17.6 Å². The quantitative estimate of drug-likeness (QED) is 0.612. The van der Waals surface area contributed by atoms with Gasteiger partial charge in [-0.1, -0.05) is 17.8 Å². The first-order chi connectivity index (χ1) is 15.2. The van der Waals surface area contributed by atoms with Crippen molar-refractivity contribution in [2.24, 2.45) is 16.8 Å². The topological polar surface area (TPSA) is 104 Å². The molecule has 3 aliphatic rings. The van der Waals surface area contributed by atoms with Crippen molar-refractivity contribution in [2.45, 2.75) is 56.4 Å². The highest BCUT2D eigenvalue weighted by molar-refractivity contribution is 8.14. The van der Waals surface area contributed by atoms with Crippen molar-refractivity contribution in [3.05, 3.63) is 47.9 Å². The van der Waals surface area contributed by atoms with E-state index in [2.05, 4.69) is 31.3 Å². The van der Waals surface area contributed by atoms with Crippen molar-refractivity contribution in [2.75, 3.05) is 5.32 Å². The molecule has 3 unspecified atom stereocenters. The molecule has 2 saturated carbocycles. The van der Waals surface area contributed by atoms with E-state index >= 15 is 0 Å². The van der Waals surface area contributed by atoms with Gasteiger partial charge >= 0.3 is 0 Å². The first kappa shape index (κ1) is 20.4. The maximum atomic E-state index is 12.2.